The molecule has 0 aliphatic carbocycles. The van der Waals surface area contributed by atoms with E-state index in [9.17, 15) is 4.79 Å². The van der Waals surface area contributed by atoms with Crippen LogP contribution in [0.2, 0.25) is 5.02 Å². The maximum atomic E-state index is 12.2. The van der Waals surface area contributed by atoms with Crippen LogP contribution in [0.25, 0.3) is 0 Å². The first-order chi connectivity index (χ1) is 9.11. The normalized spacial score (nSPS) is 12.2. The lowest BCUT2D eigenvalue weighted by molar-refractivity contribution is 0.0927. The van der Waals surface area contributed by atoms with Gasteiger partial charge in [0.2, 0.25) is 0 Å². The lowest BCUT2D eigenvalue weighted by Crippen LogP contribution is -2.29. The Morgan fingerprint density at radius 1 is 1.58 bits per heavy atom. The van der Waals surface area contributed by atoms with E-state index in [-0.39, 0.29) is 11.9 Å². The number of nitrogens with zero attached hydrogens (tertiary/aromatic N) is 2. The van der Waals surface area contributed by atoms with Crippen molar-refractivity contribution in [2.24, 2.45) is 7.05 Å². The molecule has 4 nitrogen and oxygen atoms in total. The van der Waals surface area contributed by atoms with E-state index in [1.165, 1.54) is 0 Å². The third kappa shape index (κ3) is 3.15. The Balaban J connectivity index is 2.15. The summed E-state index contributed by atoms with van der Waals surface area (Å²) in [5, 5.41) is 3.55. The molecule has 0 bridgehead atoms. The summed E-state index contributed by atoms with van der Waals surface area (Å²) in [6.07, 6.45) is 6.00. The number of pyridine rings is 1. The van der Waals surface area contributed by atoms with Crippen molar-refractivity contribution in [2.45, 2.75) is 19.4 Å². The van der Waals surface area contributed by atoms with E-state index < -0.39 is 0 Å². The van der Waals surface area contributed by atoms with Crippen molar-refractivity contribution < 1.29 is 4.79 Å². The zero-order valence-corrected chi connectivity index (χ0v) is 11.7. The molecule has 0 aliphatic rings. The first-order valence-electron chi connectivity index (χ1n) is 6.14. The molecule has 19 heavy (non-hydrogen) atoms. The van der Waals surface area contributed by atoms with Gasteiger partial charge in [0.05, 0.1) is 11.1 Å². The van der Waals surface area contributed by atoms with Crippen LogP contribution in [0.1, 0.15) is 35.4 Å². The van der Waals surface area contributed by atoms with Crippen LogP contribution in [0.5, 0.6) is 0 Å². The van der Waals surface area contributed by atoms with Gasteiger partial charge in [-0.3, -0.25) is 9.78 Å². The second kappa shape index (κ2) is 5.89. The van der Waals surface area contributed by atoms with E-state index in [4.69, 9.17) is 11.6 Å². The first-order valence-corrected chi connectivity index (χ1v) is 6.52. The lowest BCUT2D eigenvalue weighted by Gasteiger charge is -2.17. The second-order valence-corrected chi connectivity index (χ2v) is 4.81. The van der Waals surface area contributed by atoms with Crippen molar-refractivity contribution in [2.75, 3.05) is 0 Å². The van der Waals surface area contributed by atoms with Crippen LogP contribution < -0.4 is 5.32 Å². The Labute approximate surface area is 117 Å². The quantitative estimate of drug-likeness (QED) is 0.934. The summed E-state index contributed by atoms with van der Waals surface area (Å²) in [6.45, 7) is 2.02. The lowest BCUT2D eigenvalue weighted by atomic mass is 10.1. The van der Waals surface area contributed by atoms with Crippen molar-refractivity contribution in [1.82, 2.24) is 14.9 Å². The highest BCUT2D eigenvalue weighted by atomic mass is 35.5. The summed E-state index contributed by atoms with van der Waals surface area (Å²) in [6, 6.07) is 5.44. The van der Waals surface area contributed by atoms with Crippen LogP contribution in [0.4, 0.5) is 0 Å². The fourth-order valence-electron chi connectivity index (χ4n) is 1.99. The number of aromatic nitrogens is 2. The van der Waals surface area contributed by atoms with Crippen LogP contribution in [0.15, 0.2) is 36.8 Å². The van der Waals surface area contributed by atoms with Crippen LogP contribution in [0, 0.1) is 0 Å². The standard InChI is InChI=1S/C14H16ClN3O/c1-3-12(10-5-4-6-16-8-10)17-14(19)13-7-11(15)9-18(13)2/h4-9,12H,3H2,1-2H3,(H,17,19). The summed E-state index contributed by atoms with van der Waals surface area (Å²) >= 11 is 5.89. The number of nitrogens with one attached hydrogen (secondary N) is 1. The number of carbonyl (C=O) groups excluding carboxylic acids is 1. The van der Waals surface area contributed by atoms with Gasteiger partial charge in [0.15, 0.2) is 0 Å². The molecule has 0 spiro atoms. The third-order valence-corrected chi connectivity index (χ3v) is 3.21. The van der Waals surface area contributed by atoms with Crippen LogP contribution in [-0.4, -0.2) is 15.5 Å². The molecule has 0 saturated carbocycles. The number of rotatable bonds is 4. The number of halogens is 1. The average molecular weight is 278 g/mol. The van der Waals surface area contributed by atoms with Crippen molar-refractivity contribution in [1.29, 1.82) is 0 Å². The van der Waals surface area contributed by atoms with Crippen molar-refractivity contribution >= 4 is 17.5 Å². The van der Waals surface area contributed by atoms with E-state index in [0.717, 1.165) is 12.0 Å². The molecule has 0 radical (unpaired) electrons. The van der Waals surface area contributed by atoms with E-state index in [2.05, 4.69) is 10.3 Å². The van der Waals surface area contributed by atoms with Gasteiger partial charge in [-0.2, -0.15) is 0 Å². The van der Waals surface area contributed by atoms with Gasteiger partial charge in [0.25, 0.3) is 5.91 Å². The number of aryl methyl sites for hydroxylation is 1. The molecule has 5 heteroatoms. The predicted molar refractivity (Wildman–Crippen MR) is 75.2 cm³/mol. The SMILES string of the molecule is CCC(NC(=O)c1cc(Cl)cn1C)c1cccnc1. The molecule has 2 aromatic rings. The van der Waals surface area contributed by atoms with Gasteiger partial charge in [-0.15, -0.1) is 0 Å². The van der Waals surface area contributed by atoms with Gasteiger partial charge in [-0.25, -0.2) is 0 Å². The van der Waals surface area contributed by atoms with E-state index in [1.54, 1.807) is 36.3 Å². The molecule has 0 aliphatic heterocycles. The zero-order valence-electron chi connectivity index (χ0n) is 10.9. The molecular weight excluding hydrogens is 262 g/mol. The first kappa shape index (κ1) is 13.6. The Morgan fingerprint density at radius 2 is 2.37 bits per heavy atom. The topological polar surface area (TPSA) is 46.9 Å². The Kier molecular flexibility index (Phi) is 4.22. The molecule has 0 saturated heterocycles. The fraction of sp³-hybridized carbons (Fsp3) is 0.286. The Morgan fingerprint density at radius 3 is 2.89 bits per heavy atom. The maximum absolute atomic E-state index is 12.2. The number of hydrogen-bond acceptors (Lipinski definition) is 2. The van der Waals surface area contributed by atoms with Crippen LogP contribution in [0.3, 0.4) is 0 Å². The van der Waals surface area contributed by atoms with Gasteiger partial charge in [-0.05, 0) is 24.1 Å². The third-order valence-electron chi connectivity index (χ3n) is 3.00. The van der Waals surface area contributed by atoms with E-state index in [0.29, 0.717) is 10.7 Å². The van der Waals surface area contributed by atoms with E-state index >= 15 is 0 Å². The number of amides is 1. The minimum absolute atomic E-state index is 0.0464. The molecule has 1 atom stereocenters. The summed E-state index contributed by atoms with van der Waals surface area (Å²) in [7, 11) is 1.80. The minimum atomic E-state index is -0.134. The van der Waals surface area contributed by atoms with Gasteiger partial charge < -0.3 is 9.88 Å². The highest BCUT2D eigenvalue weighted by Crippen LogP contribution is 2.17. The molecule has 0 fully saturated rings. The maximum Gasteiger partial charge on any atom is 0.268 e. The second-order valence-electron chi connectivity index (χ2n) is 4.38. The van der Waals surface area contributed by atoms with Gasteiger partial charge >= 0.3 is 0 Å². The molecule has 2 heterocycles. The molecule has 100 valence electrons. The van der Waals surface area contributed by atoms with E-state index in [1.807, 2.05) is 19.1 Å². The summed E-state index contributed by atoms with van der Waals surface area (Å²) in [5.74, 6) is -0.134. The van der Waals surface area contributed by atoms with Crippen LogP contribution >= 0.6 is 11.6 Å². The van der Waals surface area contributed by atoms with Crippen molar-refractivity contribution in [3.05, 3.63) is 53.1 Å². The monoisotopic (exact) mass is 277 g/mol. The van der Waals surface area contributed by atoms with Gasteiger partial charge in [0, 0.05) is 25.6 Å². The predicted octanol–water partition coefficient (Wildman–Crippen LogP) is 2.95. The molecular formula is C14H16ClN3O. The molecule has 1 amide bonds. The van der Waals surface area contributed by atoms with Gasteiger partial charge in [0.1, 0.15) is 5.69 Å². The number of hydrogen-bond donors (Lipinski definition) is 1. The highest BCUT2D eigenvalue weighted by Gasteiger charge is 2.16. The molecule has 2 aromatic heterocycles. The Hall–Kier alpha value is -1.81. The van der Waals surface area contributed by atoms with Gasteiger partial charge in [-0.1, -0.05) is 24.6 Å². The molecule has 0 aromatic carbocycles. The summed E-state index contributed by atoms with van der Waals surface area (Å²) < 4.78 is 1.72. The zero-order chi connectivity index (χ0) is 13.8. The fourth-order valence-corrected chi connectivity index (χ4v) is 2.24. The summed E-state index contributed by atoms with van der Waals surface area (Å²) in [4.78, 5) is 16.3. The smallest absolute Gasteiger partial charge is 0.268 e. The largest absolute Gasteiger partial charge is 0.345 e. The molecule has 1 unspecified atom stereocenters. The Bertz CT molecular complexity index is 565. The van der Waals surface area contributed by atoms with Crippen molar-refractivity contribution in [3.8, 4) is 0 Å². The van der Waals surface area contributed by atoms with Crippen LogP contribution in [-0.2, 0) is 7.05 Å². The minimum Gasteiger partial charge on any atom is -0.345 e. The van der Waals surface area contributed by atoms with Crippen molar-refractivity contribution in [3.63, 3.8) is 0 Å². The molecule has 2 rings (SSSR count). The number of carbonyl (C=O) groups is 1. The highest BCUT2D eigenvalue weighted by molar-refractivity contribution is 6.31. The average Bonchev–Trinajstić information content (AvgIpc) is 2.76. The summed E-state index contributed by atoms with van der Waals surface area (Å²) in [5.41, 5.74) is 1.55. The molecule has 1 N–H and O–H groups in total.